The number of rotatable bonds is 4. The Kier molecular flexibility index (Phi) is 6.77. The molecule has 2 aliphatic heterocycles. The quantitative estimate of drug-likeness (QED) is 0.745. The summed E-state index contributed by atoms with van der Waals surface area (Å²) in [5, 5.41) is 3.15. The van der Waals surface area contributed by atoms with E-state index >= 15 is 0 Å². The third-order valence-electron chi connectivity index (χ3n) is 5.59. The number of anilines is 3. The molecule has 2 heterocycles. The number of benzene rings is 1. The fourth-order valence-corrected chi connectivity index (χ4v) is 3.98. The van der Waals surface area contributed by atoms with E-state index in [4.69, 9.17) is 15.2 Å². The highest BCUT2D eigenvalue weighted by atomic mass is 16.6. The molecular weight excluding hydrogens is 368 g/mol. The molecule has 7 heteroatoms. The smallest absolute Gasteiger partial charge is 0.410 e. The minimum Gasteiger partial charge on any atom is -0.444 e. The molecule has 0 bridgehead atoms. The summed E-state index contributed by atoms with van der Waals surface area (Å²) < 4.78 is 11.8. The number of carbonyl (C=O) groups excluding carboxylic acids is 1. The van der Waals surface area contributed by atoms with Crippen molar-refractivity contribution in [1.82, 2.24) is 4.90 Å². The van der Waals surface area contributed by atoms with Crippen molar-refractivity contribution in [2.24, 2.45) is 0 Å². The zero-order chi connectivity index (χ0) is 21.0. The first kappa shape index (κ1) is 21.6. The summed E-state index contributed by atoms with van der Waals surface area (Å²) in [5.74, 6) is 0. The molecule has 0 aliphatic carbocycles. The van der Waals surface area contributed by atoms with Crippen LogP contribution in [0.25, 0.3) is 0 Å². The third kappa shape index (κ3) is 5.92. The lowest BCUT2D eigenvalue weighted by Crippen LogP contribution is -2.45. The van der Waals surface area contributed by atoms with Crippen LogP contribution in [0.4, 0.5) is 21.9 Å². The number of likely N-dealkylation sites (tertiary alicyclic amines) is 1. The third-order valence-corrected chi connectivity index (χ3v) is 5.59. The van der Waals surface area contributed by atoms with Gasteiger partial charge in [-0.3, -0.25) is 0 Å². The van der Waals surface area contributed by atoms with Crippen LogP contribution in [-0.2, 0) is 9.47 Å². The van der Waals surface area contributed by atoms with Gasteiger partial charge in [0.25, 0.3) is 0 Å². The van der Waals surface area contributed by atoms with Gasteiger partial charge in [-0.1, -0.05) is 0 Å². The second kappa shape index (κ2) is 9.11. The molecule has 0 unspecified atom stereocenters. The number of nitrogens with one attached hydrogen (secondary N) is 1. The van der Waals surface area contributed by atoms with E-state index in [9.17, 15) is 4.79 Å². The Bertz CT molecular complexity index is 688. The Morgan fingerprint density at radius 3 is 2.21 bits per heavy atom. The molecule has 1 aromatic rings. The molecule has 162 valence electrons. The van der Waals surface area contributed by atoms with Crippen molar-refractivity contribution < 1.29 is 14.3 Å². The average molecular weight is 405 g/mol. The highest BCUT2D eigenvalue weighted by Gasteiger charge is 2.29. The number of nitrogens with two attached hydrogens (primary N) is 1. The summed E-state index contributed by atoms with van der Waals surface area (Å²) in [6, 6.07) is 6.16. The van der Waals surface area contributed by atoms with Crippen LogP contribution in [0.3, 0.4) is 0 Å². The number of ether oxygens (including phenoxy) is 2. The van der Waals surface area contributed by atoms with Crippen LogP contribution in [0.15, 0.2) is 18.2 Å². The predicted molar refractivity (Wildman–Crippen MR) is 118 cm³/mol. The van der Waals surface area contributed by atoms with Crippen molar-refractivity contribution in [2.45, 2.75) is 64.3 Å². The number of hydrogen-bond acceptors (Lipinski definition) is 6. The predicted octanol–water partition coefficient (Wildman–Crippen LogP) is 3.70. The number of amides is 1. The van der Waals surface area contributed by atoms with Crippen LogP contribution in [0, 0.1) is 0 Å². The van der Waals surface area contributed by atoms with Gasteiger partial charge in [0, 0.05) is 38.9 Å². The molecule has 0 aromatic heterocycles. The first-order valence-electron chi connectivity index (χ1n) is 10.7. The summed E-state index contributed by atoms with van der Waals surface area (Å²) >= 11 is 0. The first-order valence-corrected chi connectivity index (χ1v) is 10.7. The highest BCUT2D eigenvalue weighted by Crippen LogP contribution is 2.29. The van der Waals surface area contributed by atoms with E-state index in [1.807, 2.05) is 33.9 Å². The average Bonchev–Trinajstić information content (AvgIpc) is 2.68. The molecule has 3 N–H and O–H groups in total. The number of hydrogen-bond donors (Lipinski definition) is 2. The van der Waals surface area contributed by atoms with Crippen molar-refractivity contribution in [3.63, 3.8) is 0 Å². The molecule has 7 nitrogen and oxygen atoms in total. The Balaban J connectivity index is 1.42. The largest absolute Gasteiger partial charge is 0.444 e. The molecule has 0 radical (unpaired) electrons. The van der Waals surface area contributed by atoms with Gasteiger partial charge in [-0.15, -0.1) is 0 Å². The molecule has 0 atom stereocenters. The summed E-state index contributed by atoms with van der Waals surface area (Å²) in [4.78, 5) is 16.4. The van der Waals surface area contributed by atoms with E-state index in [2.05, 4.69) is 22.3 Å². The van der Waals surface area contributed by atoms with Gasteiger partial charge in [0.15, 0.2) is 0 Å². The van der Waals surface area contributed by atoms with E-state index < -0.39 is 5.60 Å². The van der Waals surface area contributed by atoms with Gasteiger partial charge in [0.1, 0.15) is 5.60 Å². The molecule has 2 saturated heterocycles. The Morgan fingerprint density at radius 1 is 1.07 bits per heavy atom. The normalized spacial score (nSPS) is 19.3. The standard InChI is InChI=1S/C22H36N4O3/c1-22(2,3)29-21(27)26-13-9-18(10-14-26)28-17-7-11-25(12-8-17)16-5-6-19(23)20(15-16)24-4/h5-6,15,17-18,24H,7-14,23H2,1-4H3. The van der Waals surface area contributed by atoms with Gasteiger partial charge in [0.2, 0.25) is 0 Å². The van der Waals surface area contributed by atoms with Crippen molar-refractivity contribution >= 4 is 23.2 Å². The first-order chi connectivity index (χ1) is 13.7. The second-order valence-corrected chi connectivity index (χ2v) is 9.01. The summed E-state index contributed by atoms with van der Waals surface area (Å²) in [6.45, 7) is 9.07. The van der Waals surface area contributed by atoms with Crippen molar-refractivity contribution in [3.8, 4) is 0 Å². The van der Waals surface area contributed by atoms with Gasteiger partial charge < -0.3 is 30.3 Å². The molecule has 0 saturated carbocycles. The summed E-state index contributed by atoms with van der Waals surface area (Å²) in [7, 11) is 1.89. The monoisotopic (exact) mass is 404 g/mol. The topological polar surface area (TPSA) is 80.1 Å². The van der Waals surface area contributed by atoms with Gasteiger partial charge in [-0.2, -0.15) is 0 Å². The SMILES string of the molecule is CNc1cc(N2CCC(OC3CCN(C(=O)OC(C)(C)C)CC3)CC2)ccc1N. The van der Waals surface area contributed by atoms with Gasteiger partial charge >= 0.3 is 6.09 Å². The van der Waals surface area contributed by atoms with E-state index in [0.717, 1.165) is 50.1 Å². The van der Waals surface area contributed by atoms with E-state index in [0.29, 0.717) is 19.2 Å². The number of nitrogen functional groups attached to an aromatic ring is 1. The Labute approximate surface area is 174 Å². The Morgan fingerprint density at radius 2 is 1.66 bits per heavy atom. The maximum absolute atomic E-state index is 12.2. The molecule has 2 fully saturated rings. The summed E-state index contributed by atoms with van der Waals surface area (Å²) in [6.07, 6.45) is 4.11. The zero-order valence-electron chi connectivity index (χ0n) is 18.2. The summed E-state index contributed by atoms with van der Waals surface area (Å²) in [5.41, 5.74) is 8.48. The van der Waals surface area contributed by atoms with E-state index in [1.54, 1.807) is 4.90 Å². The van der Waals surface area contributed by atoms with Crippen LogP contribution in [0.2, 0.25) is 0 Å². The zero-order valence-corrected chi connectivity index (χ0v) is 18.2. The lowest BCUT2D eigenvalue weighted by Gasteiger charge is -2.38. The minimum absolute atomic E-state index is 0.214. The van der Waals surface area contributed by atoms with Crippen LogP contribution in [0.5, 0.6) is 0 Å². The lowest BCUT2D eigenvalue weighted by molar-refractivity contribution is -0.0535. The lowest BCUT2D eigenvalue weighted by atomic mass is 10.0. The Hall–Kier alpha value is -2.15. The van der Waals surface area contributed by atoms with Gasteiger partial charge in [0.05, 0.1) is 23.6 Å². The van der Waals surface area contributed by atoms with E-state index in [-0.39, 0.29) is 12.2 Å². The fraction of sp³-hybridized carbons (Fsp3) is 0.682. The van der Waals surface area contributed by atoms with Crippen molar-refractivity contribution in [2.75, 3.05) is 49.2 Å². The number of piperidine rings is 2. The van der Waals surface area contributed by atoms with Crippen molar-refractivity contribution in [1.29, 1.82) is 0 Å². The molecule has 29 heavy (non-hydrogen) atoms. The second-order valence-electron chi connectivity index (χ2n) is 9.01. The minimum atomic E-state index is -0.448. The van der Waals surface area contributed by atoms with E-state index in [1.165, 1.54) is 5.69 Å². The van der Waals surface area contributed by atoms with Gasteiger partial charge in [-0.05, 0) is 64.7 Å². The molecule has 1 aromatic carbocycles. The van der Waals surface area contributed by atoms with Crippen LogP contribution in [0.1, 0.15) is 46.5 Å². The molecule has 1 amide bonds. The molecular formula is C22H36N4O3. The van der Waals surface area contributed by atoms with Crippen molar-refractivity contribution in [3.05, 3.63) is 18.2 Å². The number of nitrogens with zero attached hydrogens (tertiary/aromatic N) is 2. The maximum Gasteiger partial charge on any atom is 0.410 e. The molecule has 3 rings (SSSR count). The van der Waals surface area contributed by atoms with Gasteiger partial charge in [-0.25, -0.2) is 4.79 Å². The fourth-order valence-electron chi connectivity index (χ4n) is 3.98. The van der Waals surface area contributed by atoms with Crippen LogP contribution >= 0.6 is 0 Å². The van der Waals surface area contributed by atoms with Crippen LogP contribution < -0.4 is 16.0 Å². The number of carbonyl (C=O) groups is 1. The van der Waals surface area contributed by atoms with Crippen LogP contribution in [-0.4, -0.2) is 62.0 Å². The maximum atomic E-state index is 12.2. The molecule has 2 aliphatic rings. The molecule has 0 spiro atoms. The highest BCUT2D eigenvalue weighted by molar-refractivity contribution is 5.72.